The molecule has 4 nitrogen and oxygen atoms in total. The lowest BCUT2D eigenvalue weighted by Crippen LogP contribution is -2.36. The molecule has 1 aliphatic rings. The summed E-state index contributed by atoms with van der Waals surface area (Å²) in [4.78, 5) is 17.3. The molecular formula is C21H26N2O2. The topological polar surface area (TPSA) is 51.2 Å². The summed E-state index contributed by atoms with van der Waals surface area (Å²) in [6.45, 7) is 7.56. The number of amides is 1. The van der Waals surface area contributed by atoms with Crippen molar-refractivity contribution in [3.05, 3.63) is 64.5 Å². The summed E-state index contributed by atoms with van der Waals surface area (Å²) in [5.74, 6) is 0.364. The van der Waals surface area contributed by atoms with Gasteiger partial charge in [-0.15, -0.1) is 0 Å². The second-order valence-electron chi connectivity index (χ2n) is 6.96. The first-order valence-corrected chi connectivity index (χ1v) is 8.92. The zero-order valence-corrected chi connectivity index (χ0v) is 15.2. The van der Waals surface area contributed by atoms with Gasteiger partial charge in [0.2, 0.25) is 0 Å². The summed E-state index contributed by atoms with van der Waals surface area (Å²) in [6, 6.07) is 8.06. The van der Waals surface area contributed by atoms with Crippen molar-refractivity contribution in [2.75, 3.05) is 13.2 Å². The van der Waals surface area contributed by atoms with E-state index in [1.54, 1.807) is 6.20 Å². The maximum absolute atomic E-state index is 13.1. The first-order valence-electron chi connectivity index (χ1n) is 8.92. The standard InChI is InChI=1S/C21H26N2O2/c1-14-11-15(2)19(16(3)12-14)21(24)23-20(17-6-9-25-10-7-17)18-5-4-8-22-13-18/h4-5,8,11-13,17,20H,6-7,9-10H2,1-3H3,(H,23,24). The third-order valence-corrected chi connectivity index (χ3v) is 4.97. The maximum Gasteiger partial charge on any atom is 0.252 e. The van der Waals surface area contributed by atoms with Gasteiger partial charge in [-0.05, 0) is 62.3 Å². The normalized spacial score (nSPS) is 16.4. The Balaban J connectivity index is 1.88. The molecule has 1 N–H and O–H groups in total. The van der Waals surface area contributed by atoms with E-state index in [2.05, 4.69) is 29.4 Å². The Bertz CT molecular complexity index is 714. The highest BCUT2D eigenvalue weighted by molar-refractivity contribution is 5.97. The zero-order chi connectivity index (χ0) is 17.8. The molecule has 0 radical (unpaired) electrons. The molecule has 0 aliphatic carbocycles. The van der Waals surface area contributed by atoms with Crippen LogP contribution in [0.3, 0.4) is 0 Å². The number of ether oxygens (including phenoxy) is 1. The molecule has 1 amide bonds. The maximum atomic E-state index is 13.1. The van der Waals surface area contributed by atoms with Crippen LogP contribution in [-0.4, -0.2) is 24.1 Å². The van der Waals surface area contributed by atoms with E-state index >= 15 is 0 Å². The fourth-order valence-corrected chi connectivity index (χ4v) is 3.83. The minimum absolute atomic E-state index is 0.00431. The van der Waals surface area contributed by atoms with Gasteiger partial charge in [0.05, 0.1) is 6.04 Å². The van der Waals surface area contributed by atoms with Gasteiger partial charge in [-0.3, -0.25) is 9.78 Å². The quantitative estimate of drug-likeness (QED) is 0.920. The number of benzene rings is 1. The molecule has 1 aliphatic heterocycles. The third kappa shape index (κ3) is 4.07. The van der Waals surface area contributed by atoms with E-state index < -0.39 is 0 Å². The van der Waals surface area contributed by atoms with Gasteiger partial charge in [-0.2, -0.15) is 0 Å². The summed E-state index contributed by atoms with van der Waals surface area (Å²) in [7, 11) is 0. The Morgan fingerprint density at radius 3 is 2.48 bits per heavy atom. The number of aromatic nitrogens is 1. The first kappa shape index (κ1) is 17.6. The van der Waals surface area contributed by atoms with Crippen molar-refractivity contribution in [2.24, 2.45) is 5.92 Å². The summed E-state index contributed by atoms with van der Waals surface area (Å²) in [5, 5.41) is 3.29. The number of nitrogens with zero attached hydrogens (tertiary/aromatic N) is 1. The molecule has 2 heterocycles. The van der Waals surface area contributed by atoms with E-state index in [1.807, 2.05) is 32.2 Å². The van der Waals surface area contributed by atoms with E-state index in [0.717, 1.165) is 48.3 Å². The second-order valence-corrected chi connectivity index (χ2v) is 6.96. The van der Waals surface area contributed by atoms with Gasteiger partial charge in [-0.1, -0.05) is 23.8 Å². The molecule has 0 spiro atoms. The number of aryl methyl sites for hydroxylation is 3. The monoisotopic (exact) mass is 338 g/mol. The Labute approximate surface area is 149 Å². The average molecular weight is 338 g/mol. The van der Waals surface area contributed by atoms with Gasteiger partial charge < -0.3 is 10.1 Å². The summed E-state index contributed by atoms with van der Waals surface area (Å²) in [5.41, 5.74) is 5.07. The predicted octanol–water partition coefficient (Wildman–Crippen LogP) is 3.90. The number of nitrogens with one attached hydrogen (secondary N) is 1. The smallest absolute Gasteiger partial charge is 0.252 e. The Morgan fingerprint density at radius 2 is 1.88 bits per heavy atom. The van der Waals surface area contributed by atoms with Crippen LogP contribution in [0.5, 0.6) is 0 Å². The minimum Gasteiger partial charge on any atom is -0.381 e. The largest absolute Gasteiger partial charge is 0.381 e. The molecular weight excluding hydrogens is 312 g/mol. The van der Waals surface area contributed by atoms with Crippen LogP contribution in [0, 0.1) is 26.7 Å². The van der Waals surface area contributed by atoms with Crippen LogP contribution in [0.15, 0.2) is 36.7 Å². The van der Waals surface area contributed by atoms with Crippen molar-refractivity contribution in [2.45, 2.75) is 39.7 Å². The average Bonchev–Trinajstić information content (AvgIpc) is 2.60. The highest BCUT2D eigenvalue weighted by Gasteiger charge is 2.28. The lowest BCUT2D eigenvalue weighted by molar-refractivity contribution is 0.0513. The summed E-state index contributed by atoms with van der Waals surface area (Å²) >= 11 is 0. The summed E-state index contributed by atoms with van der Waals surface area (Å²) < 4.78 is 5.50. The van der Waals surface area contributed by atoms with Crippen molar-refractivity contribution < 1.29 is 9.53 Å². The lowest BCUT2D eigenvalue weighted by Gasteiger charge is -2.31. The van der Waals surface area contributed by atoms with Crippen LogP contribution < -0.4 is 5.32 Å². The first-order chi connectivity index (χ1) is 12.1. The molecule has 0 saturated carbocycles. The fraction of sp³-hybridized carbons (Fsp3) is 0.429. The van der Waals surface area contributed by atoms with E-state index in [4.69, 9.17) is 4.74 Å². The molecule has 3 rings (SSSR count). The van der Waals surface area contributed by atoms with E-state index in [-0.39, 0.29) is 11.9 Å². The SMILES string of the molecule is Cc1cc(C)c(C(=O)NC(c2cccnc2)C2CCOCC2)c(C)c1. The minimum atomic E-state index is -0.0368. The Morgan fingerprint density at radius 1 is 1.20 bits per heavy atom. The molecule has 1 fully saturated rings. The molecule has 1 unspecified atom stereocenters. The molecule has 1 atom stereocenters. The molecule has 0 bridgehead atoms. The van der Waals surface area contributed by atoms with E-state index in [9.17, 15) is 4.79 Å². The predicted molar refractivity (Wildman–Crippen MR) is 98.6 cm³/mol. The fourth-order valence-electron chi connectivity index (χ4n) is 3.83. The number of carbonyl (C=O) groups excluding carboxylic acids is 1. The number of carbonyl (C=O) groups is 1. The van der Waals surface area contributed by atoms with Crippen molar-refractivity contribution in [3.8, 4) is 0 Å². The van der Waals surface area contributed by atoms with Crippen molar-refractivity contribution in [1.29, 1.82) is 0 Å². The number of hydrogen-bond acceptors (Lipinski definition) is 3. The highest BCUT2D eigenvalue weighted by atomic mass is 16.5. The molecule has 4 heteroatoms. The van der Waals surface area contributed by atoms with Crippen molar-refractivity contribution in [1.82, 2.24) is 10.3 Å². The van der Waals surface area contributed by atoms with E-state index in [1.165, 1.54) is 5.56 Å². The molecule has 1 saturated heterocycles. The summed E-state index contributed by atoms with van der Waals surface area (Å²) in [6.07, 6.45) is 5.52. The molecule has 25 heavy (non-hydrogen) atoms. The molecule has 1 aromatic carbocycles. The van der Waals surface area contributed by atoms with Crippen molar-refractivity contribution >= 4 is 5.91 Å². The molecule has 1 aromatic heterocycles. The lowest BCUT2D eigenvalue weighted by atomic mass is 9.87. The number of pyridine rings is 1. The van der Waals surface area contributed by atoms with Crippen LogP contribution >= 0.6 is 0 Å². The van der Waals surface area contributed by atoms with Crippen LogP contribution in [0.4, 0.5) is 0 Å². The zero-order valence-electron chi connectivity index (χ0n) is 15.2. The van der Waals surface area contributed by atoms with Crippen LogP contribution in [0.2, 0.25) is 0 Å². The number of rotatable bonds is 4. The van der Waals surface area contributed by atoms with Crippen LogP contribution in [0.1, 0.15) is 51.5 Å². The Kier molecular flexibility index (Phi) is 5.49. The van der Waals surface area contributed by atoms with Gasteiger partial charge in [-0.25, -0.2) is 0 Å². The van der Waals surface area contributed by atoms with Crippen LogP contribution in [-0.2, 0) is 4.74 Å². The third-order valence-electron chi connectivity index (χ3n) is 4.97. The Hall–Kier alpha value is -2.20. The van der Waals surface area contributed by atoms with Crippen molar-refractivity contribution in [3.63, 3.8) is 0 Å². The van der Waals surface area contributed by atoms with Gasteiger partial charge >= 0.3 is 0 Å². The van der Waals surface area contributed by atoms with Crippen LogP contribution in [0.25, 0.3) is 0 Å². The van der Waals surface area contributed by atoms with Gasteiger partial charge in [0, 0.05) is 31.2 Å². The molecule has 2 aromatic rings. The van der Waals surface area contributed by atoms with E-state index in [0.29, 0.717) is 5.92 Å². The van der Waals surface area contributed by atoms with Gasteiger partial charge in [0.15, 0.2) is 0 Å². The number of hydrogen-bond donors (Lipinski definition) is 1. The highest BCUT2D eigenvalue weighted by Crippen LogP contribution is 2.30. The molecule has 132 valence electrons. The second kappa shape index (κ2) is 7.79. The van der Waals surface area contributed by atoms with Gasteiger partial charge in [0.25, 0.3) is 5.91 Å². The van der Waals surface area contributed by atoms with Gasteiger partial charge in [0.1, 0.15) is 0 Å².